The van der Waals surface area contributed by atoms with E-state index in [2.05, 4.69) is 5.32 Å². The van der Waals surface area contributed by atoms with Crippen LogP contribution in [0.4, 0.5) is 0 Å². The molecule has 0 aliphatic carbocycles. The van der Waals surface area contributed by atoms with Gasteiger partial charge < -0.3 is 20.6 Å². The summed E-state index contributed by atoms with van der Waals surface area (Å²) >= 11 is 0. The molecule has 0 radical (unpaired) electrons. The van der Waals surface area contributed by atoms with Crippen molar-refractivity contribution in [3.63, 3.8) is 0 Å². The first-order chi connectivity index (χ1) is 9.93. The van der Waals surface area contributed by atoms with Crippen molar-refractivity contribution in [2.24, 2.45) is 0 Å². The van der Waals surface area contributed by atoms with Crippen molar-refractivity contribution in [3.05, 3.63) is 35.4 Å². The minimum atomic E-state index is -1.21. The van der Waals surface area contributed by atoms with Crippen molar-refractivity contribution in [3.8, 4) is 0 Å². The van der Waals surface area contributed by atoms with Crippen molar-refractivity contribution in [1.29, 1.82) is 0 Å². The van der Waals surface area contributed by atoms with Gasteiger partial charge in [-0.2, -0.15) is 0 Å². The second kappa shape index (κ2) is 8.01. The van der Waals surface area contributed by atoms with Crippen LogP contribution in [-0.2, 0) is 16.2 Å². The van der Waals surface area contributed by atoms with E-state index in [4.69, 9.17) is 15.3 Å². The van der Waals surface area contributed by atoms with E-state index >= 15 is 0 Å². The Hall–Kier alpha value is -2.41. The zero-order valence-electron chi connectivity index (χ0n) is 11.3. The topological polar surface area (TPSA) is 124 Å². The molecule has 0 spiro atoms. The molecule has 0 aromatic heterocycles. The molecule has 0 aliphatic rings. The Morgan fingerprint density at radius 2 is 1.71 bits per heavy atom. The number of amides is 1. The second-order valence-corrected chi connectivity index (χ2v) is 4.51. The van der Waals surface area contributed by atoms with E-state index in [9.17, 15) is 14.4 Å². The number of hydrogen-bond acceptors (Lipinski definition) is 4. The molecule has 4 N–H and O–H groups in total. The van der Waals surface area contributed by atoms with Gasteiger partial charge in [0.25, 0.3) is 5.91 Å². The van der Waals surface area contributed by atoms with Gasteiger partial charge in [0.1, 0.15) is 6.04 Å². The summed E-state index contributed by atoms with van der Waals surface area (Å²) in [5.74, 6) is -2.77. The van der Waals surface area contributed by atoms with Gasteiger partial charge in [-0.15, -0.1) is 0 Å². The predicted molar refractivity (Wildman–Crippen MR) is 72.7 cm³/mol. The van der Waals surface area contributed by atoms with Crippen LogP contribution in [0.3, 0.4) is 0 Å². The van der Waals surface area contributed by atoms with Crippen molar-refractivity contribution in [2.75, 3.05) is 0 Å². The van der Waals surface area contributed by atoms with Crippen LogP contribution in [0.25, 0.3) is 0 Å². The van der Waals surface area contributed by atoms with E-state index in [1.54, 1.807) is 12.1 Å². The molecule has 1 rings (SSSR count). The molecule has 7 nitrogen and oxygen atoms in total. The largest absolute Gasteiger partial charge is 0.481 e. The predicted octanol–water partition coefficient (Wildman–Crippen LogP) is 0.617. The zero-order chi connectivity index (χ0) is 15.8. The van der Waals surface area contributed by atoms with Crippen molar-refractivity contribution < 1.29 is 29.7 Å². The molecule has 0 fully saturated rings. The first kappa shape index (κ1) is 16.6. The lowest BCUT2D eigenvalue weighted by Gasteiger charge is -2.14. The molecule has 21 heavy (non-hydrogen) atoms. The van der Waals surface area contributed by atoms with Gasteiger partial charge in [-0.1, -0.05) is 12.1 Å². The average Bonchev–Trinajstić information content (AvgIpc) is 2.45. The lowest BCUT2D eigenvalue weighted by molar-refractivity contribution is -0.140. The first-order valence-electron chi connectivity index (χ1n) is 6.39. The van der Waals surface area contributed by atoms with Gasteiger partial charge in [-0.3, -0.25) is 9.59 Å². The Balaban J connectivity index is 2.62. The summed E-state index contributed by atoms with van der Waals surface area (Å²) in [4.78, 5) is 33.3. The van der Waals surface area contributed by atoms with Crippen LogP contribution in [0, 0.1) is 0 Å². The summed E-state index contributed by atoms with van der Waals surface area (Å²) in [6.45, 7) is -0.144. The number of nitrogens with one attached hydrogen (secondary N) is 1. The fraction of sp³-hybridized carbons (Fsp3) is 0.357. The molecule has 1 aromatic carbocycles. The number of benzene rings is 1. The van der Waals surface area contributed by atoms with Crippen molar-refractivity contribution in [1.82, 2.24) is 5.32 Å². The summed E-state index contributed by atoms with van der Waals surface area (Å²) in [6.07, 6.45) is 0.0585. The molecule has 114 valence electrons. The first-order valence-corrected chi connectivity index (χ1v) is 6.39. The van der Waals surface area contributed by atoms with Gasteiger partial charge in [0.05, 0.1) is 6.61 Å². The standard InChI is InChI=1S/C14H17NO6/c16-8-9-4-6-10(7-5-9)13(19)15-11(14(20)21)2-1-3-12(17)18/h4-7,11,16H,1-3,8H2,(H,15,19)(H,17,18)(H,20,21)/t11-/m1/s1. The number of carboxylic acids is 2. The van der Waals surface area contributed by atoms with E-state index in [0.29, 0.717) is 5.56 Å². The third-order valence-electron chi connectivity index (χ3n) is 2.89. The second-order valence-electron chi connectivity index (χ2n) is 4.51. The molecule has 0 saturated carbocycles. The highest BCUT2D eigenvalue weighted by atomic mass is 16.4. The number of aliphatic hydroxyl groups excluding tert-OH is 1. The Morgan fingerprint density at radius 1 is 1.10 bits per heavy atom. The molecule has 0 saturated heterocycles. The van der Waals surface area contributed by atoms with E-state index in [0.717, 1.165) is 0 Å². The number of rotatable bonds is 8. The SMILES string of the molecule is O=C(O)CCC[C@@H](NC(=O)c1ccc(CO)cc1)C(=O)O. The van der Waals surface area contributed by atoms with Gasteiger partial charge >= 0.3 is 11.9 Å². The fourth-order valence-electron chi connectivity index (χ4n) is 1.72. The molecule has 1 atom stereocenters. The number of hydrogen-bond donors (Lipinski definition) is 4. The van der Waals surface area contributed by atoms with Crippen LogP contribution >= 0.6 is 0 Å². The zero-order valence-corrected chi connectivity index (χ0v) is 11.3. The van der Waals surface area contributed by atoms with Crippen LogP contribution in [0.1, 0.15) is 35.2 Å². The smallest absolute Gasteiger partial charge is 0.326 e. The molecule has 1 aromatic rings. The summed E-state index contributed by atoms with van der Waals surface area (Å²) in [6, 6.07) is 4.97. The maximum atomic E-state index is 11.9. The Morgan fingerprint density at radius 3 is 2.19 bits per heavy atom. The summed E-state index contributed by atoms with van der Waals surface area (Å²) in [5, 5.41) is 28.8. The van der Waals surface area contributed by atoms with Gasteiger partial charge in [0.15, 0.2) is 0 Å². The highest BCUT2D eigenvalue weighted by Gasteiger charge is 2.20. The minimum Gasteiger partial charge on any atom is -0.481 e. The quantitative estimate of drug-likeness (QED) is 0.557. The lowest BCUT2D eigenvalue weighted by Crippen LogP contribution is -2.40. The average molecular weight is 295 g/mol. The highest BCUT2D eigenvalue weighted by molar-refractivity contribution is 5.96. The molecular formula is C14H17NO6. The Labute approximate surface area is 121 Å². The van der Waals surface area contributed by atoms with Crippen molar-refractivity contribution in [2.45, 2.75) is 31.9 Å². The Kier molecular flexibility index (Phi) is 6.35. The third-order valence-corrected chi connectivity index (χ3v) is 2.89. The molecule has 0 bridgehead atoms. The van der Waals surface area contributed by atoms with Crippen LogP contribution in [0.2, 0.25) is 0 Å². The van der Waals surface area contributed by atoms with Crippen molar-refractivity contribution >= 4 is 17.8 Å². The van der Waals surface area contributed by atoms with Crippen LogP contribution in [0.15, 0.2) is 24.3 Å². The van der Waals surface area contributed by atoms with E-state index in [1.165, 1.54) is 12.1 Å². The number of carboxylic acid groups (broad SMARTS) is 2. The van der Waals surface area contributed by atoms with Crippen LogP contribution in [-0.4, -0.2) is 39.2 Å². The van der Waals surface area contributed by atoms with Crippen LogP contribution in [0.5, 0.6) is 0 Å². The van der Waals surface area contributed by atoms with Gasteiger partial charge in [-0.05, 0) is 30.5 Å². The number of carbonyl (C=O) groups is 3. The molecule has 0 unspecified atom stereocenters. The van der Waals surface area contributed by atoms with E-state index < -0.39 is 23.9 Å². The third kappa shape index (κ3) is 5.62. The molecule has 1 amide bonds. The number of aliphatic carboxylic acids is 2. The van der Waals surface area contributed by atoms with Crippen LogP contribution < -0.4 is 5.32 Å². The maximum Gasteiger partial charge on any atom is 0.326 e. The molecule has 0 heterocycles. The molecule has 7 heteroatoms. The normalized spacial score (nSPS) is 11.7. The van der Waals surface area contributed by atoms with E-state index in [1.807, 2.05) is 0 Å². The van der Waals surface area contributed by atoms with Gasteiger partial charge in [0.2, 0.25) is 0 Å². The Bertz CT molecular complexity index is 511. The number of aliphatic hydroxyl groups is 1. The summed E-state index contributed by atoms with van der Waals surface area (Å²) in [7, 11) is 0. The maximum absolute atomic E-state index is 11.9. The van der Waals surface area contributed by atoms with Gasteiger partial charge in [0, 0.05) is 12.0 Å². The van der Waals surface area contributed by atoms with Gasteiger partial charge in [-0.25, -0.2) is 4.79 Å². The van der Waals surface area contributed by atoms with E-state index in [-0.39, 0.29) is 31.4 Å². The highest BCUT2D eigenvalue weighted by Crippen LogP contribution is 2.07. The summed E-state index contributed by atoms with van der Waals surface area (Å²) in [5.41, 5.74) is 0.916. The molecule has 0 aliphatic heterocycles. The monoisotopic (exact) mass is 295 g/mol. The minimum absolute atomic E-state index is 0.0437. The summed E-state index contributed by atoms with van der Waals surface area (Å²) < 4.78 is 0. The number of carbonyl (C=O) groups excluding carboxylic acids is 1. The molecular weight excluding hydrogens is 278 g/mol. The lowest BCUT2D eigenvalue weighted by atomic mass is 10.1. The fourth-order valence-corrected chi connectivity index (χ4v) is 1.72.